The zero-order valence-electron chi connectivity index (χ0n) is 11.8. The molecule has 1 unspecified atom stereocenters. The summed E-state index contributed by atoms with van der Waals surface area (Å²) in [5.74, 6) is 0.327. The number of nitrogen functional groups attached to an aromatic ring is 1. The van der Waals surface area contributed by atoms with Crippen LogP contribution in [0, 0.1) is 12.8 Å². The van der Waals surface area contributed by atoms with Crippen LogP contribution in [0.5, 0.6) is 0 Å². The van der Waals surface area contributed by atoms with Crippen LogP contribution in [-0.2, 0) is 10.0 Å². The lowest BCUT2D eigenvalue weighted by molar-refractivity contribution is 0.393. The molecule has 1 aromatic carbocycles. The van der Waals surface area contributed by atoms with Gasteiger partial charge in [0.2, 0.25) is 10.0 Å². The summed E-state index contributed by atoms with van der Waals surface area (Å²) < 4.78 is 27.2. The first-order valence-corrected chi connectivity index (χ1v) is 8.45. The molecule has 1 rings (SSSR count). The highest BCUT2D eigenvalue weighted by molar-refractivity contribution is 9.10. The van der Waals surface area contributed by atoms with Crippen LogP contribution < -0.4 is 5.73 Å². The molecule has 0 radical (unpaired) electrons. The quantitative estimate of drug-likeness (QED) is 0.831. The molecule has 4 nitrogen and oxygen atoms in total. The summed E-state index contributed by atoms with van der Waals surface area (Å²) in [6, 6.07) is 3.25. The van der Waals surface area contributed by atoms with Gasteiger partial charge in [0.25, 0.3) is 0 Å². The van der Waals surface area contributed by atoms with E-state index in [1.54, 1.807) is 20.0 Å². The first-order valence-electron chi connectivity index (χ1n) is 6.22. The fourth-order valence-corrected chi connectivity index (χ4v) is 3.77. The Bertz CT molecular complexity index is 558. The largest absolute Gasteiger partial charge is 0.398 e. The summed E-state index contributed by atoms with van der Waals surface area (Å²) in [6.45, 7) is 6.37. The third kappa shape index (κ3) is 3.70. The predicted molar refractivity (Wildman–Crippen MR) is 82.6 cm³/mol. The molecule has 0 aliphatic heterocycles. The van der Waals surface area contributed by atoms with Crippen LogP contribution in [0.4, 0.5) is 5.69 Å². The summed E-state index contributed by atoms with van der Waals surface area (Å²) in [7, 11) is -1.87. The van der Waals surface area contributed by atoms with Crippen LogP contribution in [0.3, 0.4) is 0 Å². The van der Waals surface area contributed by atoms with Crippen LogP contribution in [-0.4, -0.2) is 26.3 Å². The van der Waals surface area contributed by atoms with Crippen molar-refractivity contribution in [3.63, 3.8) is 0 Å². The molecule has 0 saturated carbocycles. The van der Waals surface area contributed by atoms with E-state index in [1.807, 2.05) is 13.8 Å². The van der Waals surface area contributed by atoms with Gasteiger partial charge in [0, 0.05) is 23.8 Å². The number of nitrogens with zero attached hydrogens (tertiary/aromatic N) is 1. The maximum atomic E-state index is 12.5. The molecule has 0 fully saturated rings. The van der Waals surface area contributed by atoms with Crippen molar-refractivity contribution < 1.29 is 8.42 Å². The van der Waals surface area contributed by atoms with Gasteiger partial charge in [-0.1, -0.05) is 20.3 Å². The Hall–Kier alpha value is -0.590. The zero-order valence-corrected chi connectivity index (χ0v) is 14.2. The fraction of sp³-hybridized carbons (Fsp3) is 0.538. The van der Waals surface area contributed by atoms with E-state index in [0.717, 1.165) is 6.42 Å². The highest BCUT2D eigenvalue weighted by atomic mass is 79.9. The summed E-state index contributed by atoms with van der Waals surface area (Å²) in [6.07, 6.45) is 0.946. The van der Waals surface area contributed by atoms with Gasteiger partial charge in [-0.15, -0.1) is 0 Å². The summed E-state index contributed by atoms with van der Waals surface area (Å²) in [5.41, 5.74) is 6.91. The second kappa shape index (κ2) is 6.24. The summed E-state index contributed by atoms with van der Waals surface area (Å²) in [4.78, 5) is 0.277. The van der Waals surface area contributed by atoms with Gasteiger partial charge in [-0.05, 0) is 46.5 Å². The maximum Gasteiger partial charge on any atom is 0.243 e. The smallest absolute Gasteiger partial charge is 0.243 e. The number of hydrogen-bond acceptors (Lipinski definition) is 3. The number of anilines is 1. The van der Waals surface area contributed by atoms with Gasteiger partial charge in [0.1, 0.15) is 0 Å². The fourth-order valence-electron chi connectivity index (χ4n) is 1.78. The molecule has 108 valence electrons. The standard InChI is InChI=1S/C13H21BrN2O2S/c1-5-9(2)8-16(4)19(17,18)13-7-12(15)11(14)6-10(13)3/h6-7,9H,5,8,15H2,1-4H3. The lowest BCUT2D eigenvalue weighted by Crippen LogP contribution is -2.31. The lowest BCUT2D eigenvalue weighted by Gasteiger charge is -2.22. The first kappa shape index (κ1) is 16.5. The molecule has 0 spiro atoms. The Morgan fingerprint density at radius 2 is 2.00 bits per heavy atom. The minimum Gasteiger partial charge on any atom is -0.398 e. The maximum absolute atomic E-state index is 12.5. The van der Waals surface area contributed by atoms with E-state index in [-0.39, 0.29) is 4.90 Å². The molecule has 6 heteroatoms. The predicted octanol–water partition coefficient (Wildman–Crippen LogP) is 3.01. The van der Waals surface area contributed by atoms with Crippen molar-refractivity contribution in [2.75, 3.05) is 19.3 Å². The molecular formula is C13H21BrN2O2S. The highest BCUT2D eigenvalue weighted by Crippen LogP contribution is 2.28. The van der Waals surface area contributed by atoms with Crippen molar-refractivity contribution in [2.24, 2.45) is 5.92 Å². The Balaban J connectivity index is 3.17. The molecule has 0 heterocycles. The molecular weight excluding hydrogens is 328 g/mol. The van der Waals surface area contributed by atoms with E-state index in [1.165, 1.54) is 10.4 Å². The van der Waals surface area contributed by atoms with Crippen LogP contribution >= 0.6 is 15.9 Å². The zero-order chi connectivity index (χ0) is 14.8. The van der Waals surface area contributed by atoms with Crippen LogP contribution in [0.1, 0.15) is 25.8 Å². The second-order valence-electron chi connectivity index (χ2n) is 4.94. The topological polar surface area (TPSA) is 63.4 Å². The van der Waals surface area contributed by atoms with Crippen molar-refractivity contribution in [1.82, 2.24) is 4.31 Å². The number of halogens is 1. The number of nitrogens with two attached hydrogens (primary N) is 1. The third-order valence-electron chi connectivity index (χ3n) is 3.25. The van der Waals surface area contributed by atoms with Crippen molar-refractivity contribution in [3.05, 3.63) is 22.2 Å². The minimum atomic E-state index is -3.48. The average molecular weight is 349 g/mol. The molecule has 2 N–H and O–H groups in total. The first-order chi connectivity index (χ1) is 8.70. The van der Waals surface area contributed by atoms with Gasteiger partial charge in [0.05, 0.1) is 4.90 Å². The number of rotatable bonds is 5. The number of hydrogen-bond donors (Lipinski definition) is 1. The summed E-state index contributed by atoms with van der Waals surface area (Å²) >= 11 is 3.30. The van der Waals surface area contributed by atoms with Gasteiger partial charge in [-0.3, -0.25) is 0 Å². The van der Waals surface area contributed by atoms with Gasteiger partial charge >= 0.3 is 0 Å². The Morgan fingerprint density at radius 1 is 1.42 bits per heavy atom. The van der Waals surface area contributed by atoms with Crippen molar-refractivity contribution >= 4 is 31.6 Å². The Morgan fingerprint density at radius 3 is 2.53 bits per heavy atom. The third-order valence-corrected chi connectivity index (χ3v) is 5.90. The molecule has 0 aromatic heterocycles. The Kier molecular flexibility index (Phi) is 5.41. The van der Waals surface area contributed by atoms with Gasteiger partial charge in [-0.25, -0.2) is 12.7 Å². The number of benzene rings is 1. The van der Waals surface area contributed by atoms with Gasteiger partial charge in [0.15, 0.2) is 0 Å². The van der Waals surface area contributed by atoms with E-state index < -0.39 is 10.0 Å². The van der Waals surface area contributed by atoms with Crippen molar-refractivity contribution in [3.8, 4) is 0 Å². The normalized spacial score (nSPS) is 13.8. The molecule has 0 bridgehead atoms. The van der Waals surface area contributed by atoms with Crippen LogP contribution in [0.2, 0.25) is 0 Å². The molecule has 0 aliphatic rings. The Labute approximate surface area is 124 Å². The van der Waals surface area contributed by atoms with Crippen LogP contribution in [0.25, 0.3) is 0 Å². The molecule has 0 amide bonds. The molecule has 19 heavy (non-hydrogen) atoms. The number of aryl methyl sites for hydroxylation is 1. The van der Waals surface area contributed by atoms with Crippen LogP contribution in [0.15, 0.2) is 21.5 Å². The lowest BCUT2D eigenvalue weighted by atomic mass is 10.1. The summed E-state index contributed by atoms with van der Waals surface area (Å²) in [5, 5.41) is 0. The van der Waals surface area contributed by atoms with Gasteiger partial charge in [-0.2, -0.15) is 0 Å². The van der Waals surface area contributed by atoms with E-state index in [0.29, 0.717) is 28.2 Å². The van der Waals surface area contributed by atoms with E-state index in [4.69, 9.17) is 5.73 Å². The molecule has 0 saturated heterocycles. The van der Waals surface area contributed by atoms with E-state index >= 15 is 0 Å². The highest BCUT2D eigenvalue weighted by Gasteiger charge is 2.24. The monoisotopic (exact) mass is 348 g/mol. The van der Waals surface area contributed by atoms with Crippen molar-refractivity contribution in [1.29, 1.82) is 0 Å². The second-order valence-corrected chi connectivity index (χ2v) is 7.81. The van der Waals surface area contributed by atoms with E-state index in [9.17, 15) is 8.42 Å². The van der Waals surface area contributed by atoms with Crippen molar-refractivity contribution in [2.45, 2.75) is 32.1 Å². The van der Waals surface area contributed by atoms with E-state index in [2.05, 4.69) is 15.9 Å². The van der Waals surface area contributed by atoms with Gasteiger partial charge < -0.3 is 5.73 Å². The minimum absolute atomic E-state index is 0.277. The molecule has 1 atom stereocenters. The molecule has 1 aromatic rings. The molecule has 0 aliphatic carbocycles. The average Bonchev–Trinajstić information content (AvgIpc) is 2.33. The SMILES string of the molecule is CCC(C)CN(C)S(=O)(=O)c1cc(N)c(Br)cc1C. The number of sulfonamides is 1.